The van der Waals surface area contributed by atoms with E-state index in [0.717, 1.165) is 0 Å². The van der Waals surface area contributed by atoms with Crippen molar-refractivity contribution in [3.8, 4) is 5.75 Å². The van der Waals surface area contributed by atoms with Crippen LogP contribution in [0.4, 0.5) is 0 Å². The van der Waals surface area contributed by atoms with E-state index in [9.17, 15) is 9.59 Å². The van der Waals surface area contributed by atoms with Crippen molar-refractivity contribution in [1.82, 2.24) is 0 Å². The molecule has 92 valence electrons. The highest BCUT2D eigenvalue weighted by molar-refractivity contribution is 6.34. The first-order valence-corrected chi connectivity index (χ1v) is 4.97. The van der Waals surface area contributed by atoms with E-state index in [1.165, 1.54) is 33.5 Å². The minimum atomic E-state index is -0.727. The van der Waals surface area contributed by atoms with Crippen LogP contribution < -0.4 is 4.74 Å². The van der Waals surface area contributed by atoms with Gasteiger partial charge in [-0.05, 0) is 12.1 Å². The molecule has 0 aromatic heterocycles. The van der Waals surface area contributed by atoms with Gasteiger partial charge in [0.05, 0.1) is 31.9 Å². The Hall–Kier alpha value is -1.75. The molecule has 0 aliphatic heterocycles. The summed E-state index contributed by atoms with van der Waals surface area (Å²) in [6, 6.07) is 2.92. The lowest BCUT2D eigenvalue weighted by Gasteiger charge is -2.12. The van der Waals surface area contributed by atoms with E-state index >= 15 is 0 Å². The van der Waals surface area contributed by atoms with Crippen molar-refractivity contribution in [2.75, 3.05) is 21.3 Å². The van der Waals surface area contributed by atoms with Gasteiger partial charge in [0.1, 0.15) is 11.3 Å². The molecule has 5 nitrogen and oxygen atoms in total. The number of ether oxygens (including phenoxy) is 3. The quantitative estimate of drug-likeness (QED) is 0.775. The highest BCUT2D eigenvalue weighted by Gasteiger charge is 2.26. The van der Waals surface area contributed by atoms with E-state index < -0.39 is 11.9 Å². The number of hydrogen-bond donors (Lipinski definition) is 0. The van der Waals surface area contributed by atoms with E-state index in [4.69, 9.17) is 16.3 Å². The monoisotopic (exact) mass is 258 g/mol. The lowest BCUT2D eigenvalue weighted by atomic mass is 10.1. The Morgan fingerprint density at radius 1 is 1.00 bits per heavy atom. The zero-order valence-corrected chi connectivity index (χ0v) is 10.3. The number of carbonyl (C=O) groups is 2. The summed E-state index contributed by atoms with van der Waals surface area (Å²) in [6.45, 7) is 0. The maximum Gasteiger partial charge on any atom is 0.342 e. The minimum absolute atomic E-state index is 0.0469. The molecule has 0 saturated heterocycles. The van der Waals surface area contributed by atoms with Crippen molar-refractivity contribution in [2.45, 2.75) is 0 Å². The van der Waals surface area contributed by atoms with Crippen molar-refractivity contribution < 1.29 is 23.8 Å². The van der Waals surface area contributed by atoms with E-state index in [1.807, 2.05) is 0 Å². The van der Waals surface area contributed by atoms with Crippen LogP contribution in [-0.2, 0) is 9.47 Å². The first-order valence-electron chi connectivity index (χ1n) is 4.60. The molecule has 0 atom stereocenters. The van der Waals surface area contributed by atoms with Crippen molar-refractivity contribution >= 4 is 23.5 Å². The summed E-state index contributed by atoms with van der Waals surface area (Å²) in [6.07, 6.45) is 0. The fourth-order valence-corrected chi connectivity index (χ4v) is 1.57. The van der Waals surface area contributed by atoms with E-state index in [1.54, 1.807) is 0 Å². The summed E-state index contributed by atoms with van der Waals surface area (Å²) in [5, 5.41) is 0.0954. The molecule has 0 fully saturated rings. The largest absolute Gasteiger partial charge is 0.496 e. The predicted molar refractivity (Wildman–Crippen MR) is 60.7 cm³/mol. The summed E-state index contributed by atoms with van der Waals surface area (Å²) in [4.78, 5) is 23.2. The molecule has 1 rings (SSSR count). The second-order valence-electron chi connectivity index (χ2n) is 2.98. The molecule has 0 heterocycles. The molecule has 0 aliphatic carbocycles. The fraction of sp³-hybridized carbons (Fsp3) is 0.273. The molecule has 0 spiro atoms. The second-order valence-corrected chi connectivity index (χ2v) is 3.39. The molecule has 17 heavy (non-hydrogen) atoms. The highest BCUT2D eigenvalue weighted by atomic mass is 35.5. The Morgan fingerprint density at radius 2 is 1.53 bits per heavy atom. The van der Waals surface area contributed by atoms with Gasteiger partial charge >= 0.3 is 11.9 Å². The third-order valence-electron chi connectivity index (χ3n) is 2.12. The molecule has 0 N–H and O–H groups in total. The number of hydrogen-bond acceptors (Lipinski definition) is 5. The first-order chi connectivity index (χ1) is 8.06. The number of methoxy groups -OCH3 is 3. The molecular formula is C11H11ClO5. The molecular weight excluding hydrogens is 248 g/mol. The van der Waals surface area contributed by atoms with Crippen molar-refractivity contribution in [1.29, 1.82) is 0 Å². The Bertz CT molecular complexity index is 455. The van der Waals surface area contributed by atoms with Crippen LogP contribution in [-0.4, -0.2) is 33.3 Å². The van der Waals surface area contributed by atoms with Crippen LogP contribution in [0.3, 0.4) is 0 Å². The Morgan fingerprint density at radius 3 is 2.00 bits per heavy atom. The summed E-state index contributed by atoms with van der Waals surface area (Å²) in [7, 11) is 3.76. The summed E-state index contributed by atoms with van der Waals surface area (Å²) in [5.41, 5.74) is -0.116. The summed E-state index contributed by atoms with van der Waals surface area (Å²) in [5.74, 6) is -1.25. The third-order valence-corrected chi connectivity index (χ3v) is 2.43. The SMILES string of the molecule is COC(=O)c1c(Cl)ccc(OC)c1C(=O)OC. The summed E-state index contributed by atoms with van der Waals surface area (Å²) >= 11 is 5.87. The van der Waals surface area contributed by atoms with Crippen LogP contribution in [0.2, 0.25) is 5.02 Å². The number of esters is 2. The van der Waals surface area contributed by atoms with Gasteiger partial charge in [0, 0.05) is 0 Å². The maximum atomic E-state index is 11.6. The topological polar surface area (TPSA) is 61.8 Å². The van der Waals surface area contributed by atoms with Crippen LogP contribution >= 0.6 is 11.6 Å². The van der Waals surface area contributed by atoms with Crippen molar-refractivity contribution in [3.63, 3.8) is 0 Å². The van der Waals surface area contributed by atoms with E-state index in [0.29, 0.717) is 0 Å². The van der Waals surface area contributed by atoms with Crippen molar-refractivity contribution in [2.24, 2.45) is 0 Å². The average molecular weight is 259 g/mol. The van der Waals surface area contributed by atoms with Gasteiger partial charge in [-0.15, -0.1) is 0 Å². The Kier molecular flexibility index (Phi) is 4.34. The Balaban J connectivity index is 3.53. The van der Waals surface area contributed by atoms with E-state index in [-0.39, 0.29) is 21.9 Å². The summed E-state index contributed by atoms with van der Waals surface area (Å²) < 4.78 is 14.1. The lowest BCUT2D eigenvalue weighted by Crippen LogP contribution is -2.14. The Labute approximate surface area is 103 Å². The lowest BCUT2D eigenvalue weighted by molar-refractivity contribution is 0.0552. The number of halogens is 1. The molecule has 6 heteroatoms. The van der Waals surface area contributed by atoms with Crippen LogP contribution in [0, 0.1) is 0 Å². The molecule has 0 bridgehead atoms. The highest BCUT2D eigenvalue weighted by Crippen LogP contribution is 2.29. The third kappa shape index (κ3) is 2.50. The predicted octanol–water partition coefficient (Wildman–Crippen LogP) is 1.92. The van der Waals surface area contributed by atoms with Crippen LogP contribution in [0.15, 0.2) is 12.1 Å². The van der Waals surface area contributed by atoms with Gasteiger partial charge in [-0.3, -0.25) is 0 Å². The molecule has 0 unspecified atom stereocenters. The maximum absolute atomic E-state index is 11.6. The standard InChI is InChI=1S/C11H11ClO5/c1-15-7-5-4-6(12)8(10(13)16-2)9(7)11(14)17-3/h4-5H,1-3H3. The van der Waals surface area contributed by atoms with Gasteiger partial charge in [-0.2, -0.15) is 0 Å². The van der Waals surface area contributed by atoms with Gasteiger partial charge in [-0.25, -0.2) is 9.59 Å². The molecule has 0 saturated carbocycles. The number of carbonyl (C=O) groups excluding carboxylic acids is 2. The number of rotatable bonds is 3. The molecule has 1 aromatic carbocycles. The zero-order valence-electron chi connectivity index (χ0n) is 9.57. The molecule has 0 aliphatic rings. The first kappa shape index (κ1) is 13.3. The van der Waals surface area contributed by atoms with Crippen LogP contribution in [0.5, 0.6) is 5.75 Å². The van der Waals surface area contributed by atoms with Gasteiger partial charge in [-0.1, -0.05) is 11.6 Å². The molecule has 0 amide bonds. The normalized spacial score (nSPS) is 9.65. The average Bonchev–Trinajstić information content (AvgIpc) is 2.36. The fourth-order valence-electron chi connectivity index (χ4n) is 1.33. The van der Waals surface area contributed by atoms with Crippen LogP contribution in [0.25, 0.3) is 0 Å². The van der Waals surface area contributed by atoms with Crippen molar-refractivity contribution in [3.05, 3.63) is 28.3 Å². The van der Waals surface area contributed by atoms with Gasteiger partial charge in [0.2, 0.25) is 0 Å². The second kappa shape index (κ2) is 5.54. The number of benzene rings is 1. The minimum Gasteiger partial charge on any atom is -0.496 e. The molecule has 0 radical (unpaired) electrons. The van der Waals surface area contributed by atoms with Crippen LogP contribution in [0.1, 0.15) is 20.7 Å². The molecule has 1 aromatic rings. The smallest absolute Gasteiger partial charge is 0.342 e. The zero-order chi connectivity index (χ0) is 13.0. The van der Waals surface area contributed by atoms with E-state index in [2.05, 4.69) is 9.47 Å². The van der Waals surface area contributed by atoms with Gasteiger partial charge in [0.15, 0.2) is 0 Å². The van der Waals surface area contributed by atoms with Gasteiger partial charge in [0.25, 0.3) is 0 Å². The van der Waals surface area contributed by atoms with Gasteiger partial charge < -0.3 is 14.2 Å².